The molecule has 0 saturated carbocycles. The van der Waals surface area contributed by atoms with Crippen molar-refractivity contribution in [3.8, 4) is 5.75 Å². The lowest BCUT2D eigenvalue weighted by molar-refractivity contribution is 0.201. The van der Waals surface area contributed by atoms with Crippen molar-refractivity contribution >= 4 is 21.6 Å². The molecule has 1 aromatic rings. The summed E-state index contributed by atoms with van der Waals surface area (Å²) in [5.74, 6) is 0.919. The molecule has 0 atom stereocenters. The van der Waals surface area contributed by atoms with Crippen molar-refractivity contribution in [2.45, 2.75) is 20.8 Å². The van der Waals surface area contributed by atoms with Crippen LogP contribution in [0.5, 0.6) is 5.75 Å². The molecule has 0 bridgehead atoms. The van der Waals surface area contributed by atoms with Gasteiger partial charge in [-0.1, -0.05) is 15.9 Å². The van der Waals surface area contributed by atoms with Crippen LogP contribution in [-0.4, -0.2) is 28.0 Å². The average Bonchev–Trinajstić information content (AvgIpc) is 2.31. The minimum Gasteiger partial charge on any atom is -0.494 e. The summed E-state index contributed by atoms with van der Waals surface area (Å²) in [6, 6.07) is 0. The average molecular weight is 302 g/mol. The van der Waals surface area contributed by atoms with Crippen LogP contribution in [0.3, 0.4) is 0 Å². The molecule has 0 aliphatic heterocycles. The summed E-state index contributed by atoms with van der Waals surface area (Å²) in [7, 11) is 5.39. The fourth-order valence-corrected chi connectivity index (χ4v) is 2.52. The third-order valence-electron chi connectivity index (χ3n) is 3.04. The SMILES string of the molecule is COCN(C)c1c(C)c(Br)c(C)c(C)c1OC. The van der Waals surface area contributed by atoms with Gasteiger partial charge in [0.1, 0.15) is 12.5 Å². The highest BCUT2D eigenvalue weighted by molar-refractivity contribution is 9.10. The number of halogens is 1. The Hall–Kier alpha value is -0.740. The van der Waals surface area contributed by atoms with Gasteiger partial charge in [0.05, 0.1) is 12.8 Å². The largest absolute Gasteiger partial charge is 0.494 e. The quantitative estimate of drug-likeness (QED) is 0.796. The number of anilines is 1. The fourth-order valence-electron chi connectivity index (χ4n) is 2.04. The number of hydrogen-bond acceptors (Lipinski definition) is 3. The standard InChI is InChI=1S/C13H20BrNO2/c1-8-9(2)13(17-6)12(10(3)11(8)14)15(4)7-16-5/h7H2,1-6H3. The van der Waals surface area contributed by atoms with Gasteiger partial charge in [-0.25, -0.2) is 0 Å². The molecule has 0 spiro atoms. The van der Waals surface area contributed by atoms with Crippen molar-refractivity contribution in [3.63, 3.8) is 0 Å². The number of methoxy groups -OCH3 is 2. The van der Waals surface area contributed by atoms with Gasteiger partial charge in [0.25, 0.3) is 0 Å². The molecular weight excluding hydrogens is 282 g/mol. The normalized spacial score (nSPS) is 10.5. The lowest BCUT2D eigenvalue weighted by Gasteiger charge is -2.26. The van der Waals surface area contributed by atoms with Crippen molar-refractivity contribution in [3.05, 3.63) is 21.2 Å². The van der Waals surface area contributed by atoms with E-state index in [2.05, 4.69) is 36.7 Å². The molecule has 0 aromatic heterocycles. The van der Waals surface area contributed by atoms with E-state index >= 15 is 0 Å². The van der Waals surface area contributed by atoms with Gasteiger partial charge < -0.3 is 14.4 Å². The first-order chi connectivity index (χ1) is 7.95. The predicted octanol–water partition coefficient (Wildman–Crippen LogP) is 3.42. The van der Waals surface area contributed by atoms with Gasteiger partial charge in [-0.05, 0) is 37.5 Å². The van der Waals surface area contributed by atoms with E-state index < -0.39 is 0 Å². The second kappa shape index (κ2) is 5.74. The molecule has 96 valence electrons. The molecular formula is C13H20BrNO2. The van der Waals surface area contributed by atoms with Crippen molar-refractivity contribution in [2.24, 2.45) is 0 Å². The second-order valence-corrected chi connectivity index (χ2v) is 4.98. The summed E-state index contributed by atoms with van der Waals surface area (Å²) < 4.78 is 11.9. The van der Waals surface area contributed by atoms with Crippen molar-refractivity contribution in [1.82, 2.24) is 0 Å². The van der Waals surface area contributed by atoms with E-state index in [0.29, 0.717) is 6.73 Å². The minimum absolute atomic E-state index is 0.534. The zero-order chi connectivity index (χ0) is 13.2. The Bertz CT molecular complexity index is 419. The Morgan fingerprint density at radius 3 is 2.12 bits per heavy atom. The van der Waals surface area contributed by atoms with Gasteiger partial charge >= 0.3 is 0 Å². The zero-order valence-corrected chi connectivity index (χ0v) is 12.9. The highest BCUT2D eigenvalue weighted by Crippen LogP contribution is 2.41. The molecule has 1 aromatic carbocycles. The van der Waals surface area contributed by atoms with Crippen LogP contribution in [0.2, 0.25) is 0 Å². The Labute approximate surface area is 112 Å². The summed E-state index contributed by atoms with van der Waals surface area (Å²) in [6.45, 7) is 6.78. The molecule has 1 rings (SSSR count). The molecule has 0 saturated heterocycles. The lowest BCUT2D eigenvalue weighted by Crippen LogP contribution is -2.22. The summed E-state index contributed by atoms with van der Waals surface area (Å²) in [5, 5.41) is 0. The number of nitrogens with zero attached hydrogens (tertiary/aromatic N) is 1. The molecule has 0 fully saturated rings. The third kappa shape index (κ3) is 2.58. The highest BCUT2D eigenvalue weighted by Gasteiger charge is 2.19. The third-order valence-corrected chi connectivity index (χ3v) is 4.23. The fraction of sp³-hybridized carbons (Fsp3) is 0.538. The predicted molar refractivity (Wildman–Crippen MR) is 75.2 cm³/mol. The van der Waals surface area contributed by atoms with E-state index in [1.807, 2.05) is 11.9 Å². The maximum atomic E-state index is 5.54. The van der Waals surface area contributed by atoms with E-state index in [4.69, 9.17) is 9.47 Å². The Balaban J connectivity index is 3.46. The van der Waals surface area contributed by atoms with Gasteiger partial charge in [0.2, 0.25) is 0 Å². The second-order valence-electron chi connectivity index (χ2n) is 4.19. The molecule has 4 heteroatoms. The molecule has 0 unspecified atom stereocenters. The van der Waals surface area contributed by atoms with E-state index in [0.717, 1.165) is 21.5 Å². The maximum absolute atomic E-state index is 5.54. The van der Waals surface area contributed by atoms with Gasteiger partial charge in [0, 0.05) is 18.6 Å². The van der Waals surface area contributed by atoms with Crippen molar-refractivity contribution in [2.75, 3.05) is 32.9 Å². The first-order valence-electron chi connectivity index (χ1n) is 5.49. The van der Waals surface area contributed by atoms with Gasteiger partial charge in [-0.3, -0.25) is 0 Å². The molecule has 3 nitrogen and oxygen atoms in total. The summed E-state index contributed by atoms with van der Waals surface area (Å²) in [6.07, 6.45) is 0. The van der Waals surface area contributed by atoms with E-state index in [1.165, 1.54) is 11.1 Å². The molecule has 0 radical (unpaired) electrons. The van der Waals surface area contributed by atoms with Crippen LogP contribution < -0.4 is 9.64 Å². The smallest absolute Gasteiger partial charge is 0.145 e. The van der Waals surface area contributed by atoms with Crippen molar-refractivity contribution < 1.29 is 9.47 Å². The van der Waals surface area contributed by atoms with Crippen LogP contribution in [0.4, 0.5) is 5.69 Å². The van der Waals surface area contributed by atoms with Crippen molar-refractivity contribution in [1.29, 1.82) is 0 Å². The summed E-state index contributed by atoms with van der Waals surface area (Å²) in [5.41, 5.74) is 4.62. The monoisotopic (exact) mass is 301 g/mol. The molecule has 0 aliphatic carbocycles. The molecule has 0 heterocycles. The van der Waals surface area contributed by atoms with Gasteiger partial charge in [-0.2, -0.15) is 0 Å². The number of ether oxygens (including phenoxy) is 2. The van der Waals surface area contributed by atoms with E-state index in [9.17, 15) is 0 Å². The summed E-state index contributed by atoms with van der Waals surface area (Å²) in [4.78, 5) is 2.05. The molecule has 17 heavy (non-hydrogen) atoms. The Kier molecular flexibility index (Phi) is 4.83. The first-order valence-corrected chi connectivity index (χ1v) is 6.28. The minimum atomic E-state index is 0.534. The van der Waals surface area contributed by atoms with Crippen LogP contribution in [0.25, 0.3) is 0 Å². The van der Waals surface area contributed by atoms with Crippen LogP contribution >= 0.6 is 15.9 Å². The topological polar surface area (TPSA) is 21.7 Å². The maximum Gasteiger partial charge on any atom is 0.145 e. The van der Waals surface area contributed by atoms with Gasteiger partial charge in [-0.15, -0.1) is 0 Å². The van der Waals surface area contributed by atoms with Crippen LogP contribution in [0, 0.1) is 20.8 Å². The Morgan fingerprint density at radius 1 is 1.06 bits per heavy atom. The zero-order valence-electron chi connectivity index (χ0n) is 11.3. The number of benzene rings is 1. The van der Waals surface area contributed by atoms with Crippen LogP contribution in [-0.2, 0) is 4.74 Å². The molecule has 0 amide bonds. The lowest BCUT2D eigenvalue weighted by atomic mass is 10.0. The van der Waals surface area contributed by atoms with E-state index in [-0.39, 0.29) is 0 Å². The van der Waals surface area contributed by atoms with Gasteiger partial charge in [0.15, 0.2) is 0 Å². The molecule has 0 N–H and O–H groups in total. The van der Waals surface area contributed by atoms with E-state index in [1.54, 1.807) is 14.2 Å². The Morgan fingerprint density at radius 2 is 1.65 bits per heavy atom. The highest BCUT2D eigenvalue weighted by atomic mass is 79.9. The molecule has 0 aliphatic rings. The number of hydrogen-bond donors (Lipinski definition) is 0. The van der Waals surface area contributed by atoms with Crippen LogP contribution in [0.15, 0.2) is 4.47 Å². The first kappa shape index (κ1) is 14.3. The van der Waals surface area contributed by atoms with Crippen LogP contribution in [0.1, 0.15) is 16.7 Å². The number of rotatable bonds is 4. The summed E-state index contributed by atoms with van der Waals surface area (Å²) >= 11 is 3.64.